The minimum Gasteiger partial charge on any atom is -0.444 e. The molecule has 0 radical (unpaired) electrons. The Kier molecular flexibility index (Phi) is 6.61. The van der Waals surface area contributed by atoms with Crippen LogP contribution in [0.5, 0.6) is 0 Å². The maximum absolute atomic E-state index is 13.2. The molecule has 0 bridgehead atoms. The van der Waals surface area contributed by atoms with E-state index in [-0.39, 0.29) is 12.1 Å². The zero-order chi connectivity index (χ0) is 20.9. The van der Waals surface area contributed by atoms with Crippen molar-refractivity contribution in [2.24, 2.45) is 0 Å². The SMILES string of the molecule is O=C(NCC[C@@H]1CC(F)CN1)O[C@@H]1[C@@H](O)CN[C@@H]1Cc1ccc(-c2cnco2)cc1. The van der Waals surface area contributed by atoms with Crippen LogP contribution in [0.1, 0.15) is 18.4 Å². The second-order valence-electron chi connectivity index (χ2n) is 7.87. The number of rotatable bonds is 7. The van der Waals surface area contributed by atoms with Crippen LogP contribution in [-0.2, 0) is 11.2 Å². The van der Waals surface area contributed by atoms with Crippen molar-refractivity contribution in [2.45, 2.75) is 49.7 Å². The monoisotopic (exact) mass is 418 g/mol. The molecular formula is C21H27FN4O4. The number of alkyl halides is 1. The first kappa shape index (κ1) is 20.8. The summed E-state index contributed by atoms with van der Waals surface area (Å²) in [5.41, 5.74) is 1.98. The summed E-state index contributed by atoms with van der Waals surface area (Å²) >= 11 is 0. The summed E-state index contributed by atoms with van der Waals surface area (Å²) in [5.74, 6) is 0.698. The number of oxazole rings is 1. The summed E-state index contributed by atoms with van der Waals surface area (Å²) in [5, 5.41) is 19.2. The van der Waals surface area contributed by atoms with Crippen LogP contribution in [0.15, 0.2) is 41.3 Å². The van der Waals surface area contributed by atoms with Gasteiger partial charge < -0.3 is 30.2 Å². The third-order valence-corrected chi connectivity index (χ3v) is 5.66. The quantitative estimate of drug-likeness (QED) is 0.538. The lowest BCUT2D eigenvalue weighted by atomic mass is 10.00. The van der Waals surface area contributed by atoms with E-state index in [9.17, 15) is 14.3 Å². The molecular weight excluding hydrogens is 391 g/mol. The lowest BCUT2D eigenvalue weighted by molar-refractivity contribution is 0.0189. The number of aromatic nitrogens is 1. The number of carbonyl (C=O) groups excluding carboxylic acids is 1. The maximum Gasteiger partial charge on any atom is 0.407 e. The van der Waals surface area contributed by atoms with Crippen LogP contribution in [0.25, 0.3) is 11.3 Å². The Morgan fingerprint density at radius 3 is 2.83 bits per heavy atom. The zero-order valence-electron chi connectivity index (χ0n) is 16.6. The van der Waals surface area contributed by atoms with Crippen LogP contribution in [0.3, 0.4) is 0 Å². The smallest absolute Gasteiger partial charge is 0.407 e. The zero-order valence-corrected chi connectivity index (χ0v) is 16.6. The van der Waals surface area contributed by atoms with Crippen LogP contribution < -0.4 is 16.0 Å². The van der Waals surface area contributed by atoms with E-state index in [1.165, 1.54) is 6.39 Å². The summed E-state index contributed by atoms with van der Waals surface area (Å²) in [7, 11) is 0. The van der Waals surface area contributed by atoms with Crippen LogP contribution in [0.2, 0.25) is 0 Å². The van der Waals surface area contributed by atoms with Gasteiger partial charge in [-0.1, -0.05) is 24.3 Å². The molecule has 0 spiro atoms. The van der Waals surface area contributed by atoms with E-state index in [0.29, 0.717) is 44.7 Å². The van der Waals surface area contributed by atoms with Gasteiger partial charge in [0.25, 0.3) is 0 Å². The van der Waals surface area contributed by atoms with Crippen LogP contribution in [0.4, 0.5) is 9.18 Å². The molecule has 2 aliphatic rings. The Bertz CT molecular complexity index is 817. The average molecular weight is 418 g/mol. The molecule has 30 heavy (non-hydrogen) atoms. The first-order valence-corrected chi connectivity index (χ1v) is 10.3. The largest absolute Gasteiger partial charge is 0.444 e. The molecule has 2 aliphatic heterocycles. The number of aliphatic hydroxyl groups excluding tert-OH is 1. The molecule has 8 nitrogen and oxygen atoms in total. The highest BCUT2D eigenvalue weighted by molar-refractivity contribution is 5.67. The highest BCUT2D eigenvalue weighted by Gasteiger charge is 2.37. The predicted octanol–water partition coefficient (Wildman–Crippen LogP) is 1.40. The predicted molar refractivity (Wildman–Crippen MR) is 108 cm³/mol. The molecule has 1 aromatic carbocycles. The highest BCUT2D eigenvalue weighted by atomic mass is 19.1. The molecule has 4 N–H and O–H groups in total. The number of ether oxygens (including phenoxy) is 1. The number of β-amino-alcohol motifs (C(OH)–C–C–N with tert-alkyl or cyclic N) is 1. The van der Waals surface area contributed by atoms with E-state index in [1.54, 1.807) is 6.20 Å². The molecule has 162 valence electrons. The lowest BCUT2D eigenvalue weighted by Gasteiger charge is -2.22. The third kappa shape index (κ3) is 5.16. The highest BCUT2D eigenvalue weighted by Crippen LogP contribution is 2.22. The van der Waals surface area contributed by atoms with Crippen molar-refractivity contribution in [1.82, 2.24) is 20.9 Å². The summed E-state index contributed by atoms with van der Waals surface area (Å²) in [6.45, 7) is 1.13. The summed E-state index contributed by atoms with van der Waals surface area (Å²) in [6, 6.07) is 7.74. The first-order valence-electron chi connectivity index (χ1n) is 10.3. The number of aliphatic hydroxyl groups is 1. The van der Waals surface area contributed by atoms with Crippen LogP contribution in [-0.4, -0.2) is 66.3 Å². The molecule has 1 aromatic heterocycles. The molecule has 2 saturated heterocycles. The van der Waals surface area contributed by atoms with Crippen molar-refractivity contribution in [2.75, 3.05) is 19.6 Å². The van der Waals surface area contributed by atoms with Gasteiger partial charge in [0, 0.05) is 31.2 Å². The maximum atomic E-state index is 13.2. The van der Waals surface area contributed by atoms with E-state index < -0.39 is 24.5 Å². The summed E-state index contributed by atoms with van der Waals surface area (Å²) in [6.07, 6.45) is 1.98. The van der Waals surface area contributed by atoms with Crippen molar-refractivity contribution in [3.63, 3.8) is 0 Å². The van der Waals surface area contributed by atoms with Gasteiger partial charge in [0.15, 0.2) is 12.2 Å². The van der Waals surface area contributed by atoms with Gasteiger partial charge in [-0.2, -0.15) is 0 Å². The molecule has 3 heterocycles. The van der Waals surface area contributed by atoms with Gasteiger partial charge in [0.1, 0.15) is 18.4 Å². The molecule has 0 aliphatic carbocycles. The Morgan fingerprint density at radius 1 is 1.30 bits per heavy atom. The molecule has 1 amide bonds. The standard InChI is InChI=1S/C21H27FN4O4/c22-15-8-16(25-9-15)5-6-24-21(28)30-20-17(26-10-18(20)27)7-13-1-3-14(4-2-13)19-11-23-12-29-19/h1-4,11-12,15-18,20,25-27H,5-10H2,(H,24,28)/t15?,16-,17-,18+,20+/m1/s1. The summed E-state index contributed by atoms with van der Waals surface area (Å²) in [4.78, 5) is 16.1. The number of alkyl carbamates (subject to hydrolysis) is 1. The number of hydrogen-bond donors (Lipinski definition) is 4. The second-order valence-corrected chi connectivity index (χ2v) is 7.87. The second kappa shape index (κ2) is 9.55. The topological polar surface area (TPSA) is 109 Å². The fraction of sp³-hybridized carbons (Fsp3) is 0.524. The normalized spacial score (nSPS) is 28.5. The average Bonchev–Trinajstić information content (AvgIpc) is 3.48. The molecule has 9 heteroatoms. The van der Waals surface area contributed by atoms with Crippen LogP contribution >= 0.6 is 0 Å². The van der Waals surface area contributed by atoms with E-state index in [0.717, 1.165) is 11.1 Å². The lowest BCUT2D eigenvalue weighted by Crippen LogP contribution is -2.42. The number of nitrogens with one attached hydrogen (secondary N) is 3. The number of carbonyl (C=O) groups is 1. The molecule has 2 aromatic rings. The van der Waals surface area contributed by atoms with Gasteiger partial charge >= 0.3 is 6.09 Å². The number of amides is 1. The number of nitrogens with zero attached hydrogens (tertiary/aromatic N) is 1. The molecule has 1 unspecified atom stereocenters. The number of benzene rings is 1. The van der Waals surface area contributed by atoms with Gasteiger partial charge in [-0.15, -0.1) is 0 Å². The van der Waals surface area contributed by atoms with E-state index in [2.05, 4.69) is 20.9 Å². The molecule has 4 rings (SSSR count). The van der Waals surface area contributed by atoms with Crippen LogP contribution in [0, 0.1) is 0 Å². The molecule has 0 saturated carbocycles. The van der Waals surface area contributed by atoms with E-state index in [4.69, 9.17) is 9.15 Å². The van der Waals surface area contributed by atoms with Crippen molar-refractivity contribution in [3.8, 4) is 11.3 Å². The minimum absolute atomic E-state index is 0.0757. The molecule has 5 atom stereocenters. The van der Waals surface area contributed by atoms with Gasteiger partial charge in [-0.05, 0) is 24.8 Å². The Morgan fingerprint density at radius 2 is 2.13 bits per heavy atom. The fourth-order valence-corrected chi connectivity index (χ4v) is 4.04. The third-order valence-electron chi connectivity index (χ3n) is 5.66. The summed E-state index contributed by atoms with van der Waals surface area (Å²) < 4.78 is 24.0. The van der Waals surface area contributed by atoms with Crippen molar-refractivity contribution < 1.29 is 23.4 Å². The van der Waals surface area contributed by atoms with Gasteiger partial charge in [0.05, 0.1) is 12.2 Å². The van der Waals surface area contributed by atoms with E-state index >= 15 is 0 Å². The number of halogens is 1. The minimum atomic E-state index is -0.813. The van der Waals surface area contributed by atoms with E-state index in [1.807, 2.05) is 24.3 Å². The number of hydrogen-bond acceptors (Lipinski definition) is 7. The van der Waals surface area contributed by atoms with Gasteiger partial charge in [-0.25, -0.2) is 14.2 Å². The van der Waals surface area contributed by atoms with Gasteiger partial charge in [-0.3, -0.25) is 0 Å². The van der Waals surface area contributed by atoms with Gasteiger partial charge in [0.2, 0.25) is 0 Å². The van der Waals surface area contributed by atoms with Crippen molar-refractivity contribution in [3.05, 3.63) is 42.4 Å². The fourth-order valence-electron chi connectivity index (χ4n) is 4.04. The Balaban J connectivity index is 1.26. The molecule has 2 fully saturated rings. The van der Waals surface area contributed by atoms with Crippen molar-refractivity contribution >= 4 is 6.09 Å². The Labute approximate surface area is 174 Å². The Hall–Kier alpha value is -2.49. The first-order chi connectivity index (χ1) is 14.6. The van der Waals surface area contributed by atoms with Crippen molar-refractivity contribution in [1.29, 1.82) is 0 Å².